The molecule has 2 unspecified atom stereocenters. The van der Waals surface area contributed by atoms with Crippen LogP contribution in [0.2, 0.25) is 0 Å². The van der Waals surface area contributed by atoms with Crippen LogP contribution in [0.1, 0.15) is 20.1 Å². The number of anilines is 1. The third-order valence-electron chi connectivity index (χ3n) is 3.27. The quantitative estimate of drug-likeness (QED) is 0.440. The third-order valence-corrected chi connectivity index (χ3v) is 3.27. The number of rotatable bonds is 2. The van der Waals surface area contributed by atoms with Crippen LogP contribution in [0, 0.1) is 11.8 Å². The Morgan fingerprint density at radius 2 is 2.29 bits per heavy atom. The second-order valence-electron chi connectivity index (χ2n) is 4.85. The van der Waals surface area contributed by atoms with Gasteiger partial charge in [0.25, 0.3) is 0 Å². The second-order valence-corrected chi connectivity index (χ2v) is 4.85. The summed E-state index contributed by atoms with van der Waals surface area (Å²) in [5, 5.41) is 23.8. The van der Waals surface area contributed by atoms with Crippen LogP contribution in [0.25, 0.3) is 0 Å². The van der Waals surface area contributed by atoms with Crippen LogP contribution in [0.3, 0.4) is 0 Å². The Hall–Kier alpha value is -1.99. The van der Waals surface area contributed by atoms with Gasteiger partial charge in [-0.15, -0.1) is 5.92 Å². The van der Waals surface area contributed by atoms with E-state index in [1.54, 1.807) is 0 Å². The maximum absolute atomic E-state index is 11.9. The Balaban J connectivity index is 2.54. The Morgan fingerprint density at radius 1 is 1.62 bits per heavy atom. The first-order chi connectivity index (χ1) is 9.81. The van der Waals surface area contributed by atoms with E-state index in [4.69, 9.17) is 16.2 Å². The first-order valence-corrected chi connectivity index (χ1v) is 6.27. The number of aliphatic hydroxyl groups is 2. The summed E-state index contributed by atoms with van der Waals surface area (Å²) in [6.07, 6.45) is -3.36. The zero-order valence-electron chi connectivity index (χ0n) is 11.6. The predicted octanol–water partition coefficient (Wildman–Crippen LogP) is -2.42. The number of aromatic nitrogens is 3. The van der Waals surface area contributed by atoms with Crippen molar-refractivity contribution in [3.8, 4) is 11.8 Å². The molecule has 9 heteroatoms. The fraction of sp³-hybridized carbons (Fsp3) is 0.583. The van der Waals surface area contributed by atoms with Crippen molar-refractivity contribution in [1.29, 1.82) is 0 Å². The van der Waals surface area contributed by atoms with E-state index < -0.39 is 35.8 Å². The minimum atomic E-state index is -1.61. The van der Waals surface area contributed by atoms with Crippen LogP contribution in [0.15, 0.2) is 11.0 Å². The van der Waals surface area contributed by atoms with Crippen LogP contribution >= 0.6 is 0 Å². The van der Waals surface area contributed by atoms with E-state index >= 15 is 0 Å². The molecule has 5 atom stereocenters. The predicted molar refractivity (Wildman–Crippen MR) is 72.7 cm³/mol. The number of nitrogen functional groups attached to an aromatic ring is 1. The van der Waals surface area contributed by atoms with Crippen molar-refractivity contribution in [2.24, 2.45) is 5.73 Å². The molecule has 1 aromatic heterocycles. The molecular formula is C12H17N5O4. The van der Waals surface area contributed by atoms with Gasteiger partial charge in [0.05, 0.1) is 12.3 Å². The molecule has 6 N–H and O–H groups in total. The lowest BCUT2D eigenvalue weighted by molar-refractivity contribution is -0.0816. The largest absolute Gasteiger partial charge is 0.391 e. The molecular weight excluding hydrogens is 278 g/mol. The average Bonchev–Trinajstić information content (AvgIpc) is 2.64. The maximum Gasteiger partial charge on any atom is 0.368 e. The van der Waals surface area contributed by atoms with Crippen LogP contribution in [-0.2, 0) is 4.74 Å². The van der Waals surface area contributed by atoms with Crippen molar-refractivity contribution < 1.29 is 14.9 Å². The molecule has 0 amide bonds. The highest BCUT2D eigenvalue weighted by atomic mass is 16.6. The summed E-state index contributed by atoms with van der Waals surface area (Å²) in [5.41, 5.74) is 9.09. The van der Waals surface area contributed by atoms with Gasteiger partial charge in [-0.1, -0.05) is 5.92 Å². The van der Waals surface area contributed by atoms with Gasteiger partial charge in [-0.3, -0.25) is 0 Å². The third kappa shape index (κ3) is 2.50. The maximum atomic E-state index is 11.9. The summed E-state index contributed by atoms with van der Waals surface area (Å²) in [7, 11) is 0. The lowest BCUT2D eigenvalue weighted by Crippen LogP contribution is -2.55. The molecule has 21 heavy (non-hydrogen) atoms. The molecule has 2 rings (SSSR count). The minimum absolute atomic E-state index is 0.0499. The summed E-state index contributed by atoms with van der Waals surface area (Å²) in [4.78, 5) is 15.4. The van der Waals surface area contributed by atoms with E-state index in [-0.39, 0.29) is 5.82 Å². The molecule has 1 aliphatic rings. The number of nitrogens with two attached hydrogens (primary N) is 2. The molecule has 0 aliphatic carbocycles. The Morgan fingerprint density at radius 3 is 2.81 bits per heavy atom. The molecule has 0 bridgehead atoms. The molecule has 9 nitrogen and oxygen atoms in total. The topological polar surface area (TPSA) is 150 Å². The number of ether oxygens (including phenoxy) is 1. The van der Waals surface area contributed by atoms with Gasteiger partial charge >= 0.3 is 5.69 Å². The van der Waals surface area contributed by atoms with E-state index in [1.807, 2.05) is 0 Å². The second kappa shape index (κ2) is 5.42. The SMILES string of the molecule is CC#CC1(N)C(O)[C@@H]([C@H](C)O)O[C@H]1n1ncc(N)nc1=O. The van der Waals surface area contributed by atoms with Crippen LogP contribution < -0.4 is 17.2 Å². The number of nitrogens with zero attached hydrogens (tertiary/aromatic N) is 3. The molecule has 2 heterocycles. The summed E-state index contributed by atoms with van der Waals surface area (Å²) in [5.74, 6) is 5.16. The van der Waals surface area contributed by atoms with E-state index in [9.17, 15) is 15.0 Å². The van der Waals surface area contributed by atoms with Crippen molar-refractivity contribution in [2.75, 3.05) is 5.73 Å². The molecule has 114 valence electrons. The molecule has 1 aliphatic heterocycles. The van der Waals surface area contributed by atoms with E-state index in [2.05, 4.69) is 21.9 Å². The fourth-order valence-corrected chi connectivity index (χ4v) is 2.27. The van der Waals surface area contributed by atoms with Gasteiger partial charge in [-0.2, -0.15) is 14.8 Å². The van der Waals surface area contributed by atoms with Crippen LogP contribution in [-0.4, -0.2) is 48.8 Å². The van der Waals surface area contributed by atoms with E-state index in [0.29, 0.717) is 0 Å². The summed E-state index contributed by atoms with van der Waals surface area (Å²) < 4.78 is 6.36. The van der Waals surface area contributed by atoms with Crippen LogP contribution in [0.4, 0.5) is 5.82 Å². The van der Waals surface area contributed by atoms with E-state index in [1.165, 1.54) is 13.8 Å². The zero-order chi connectivity index (χ0) is 15.8. The van der Waals surface area contributed by atoms with Crippen LogP contribution in [0.5, 0.6) is 0 Å². The van der Waals surface area contributed by atoms with Crippen molar-refractivity contribution in [3.63, 3.8) is 0 Å². The highest BCUT2D eigenvalue weighted by Gasteiger charge is 2.56. The van der Waals surface area contributed by atoms with Gasteiger partial charge in [-0.25, -0.2) is 4.79 Å². The first-order valence-electron chi connectivity index (χ1n) is 6.27. The van der Waals surface area contributed by atoms with Gasteiger partial charge in [0.2, 0.25) is 0 Å². The summed E-state index contributed by atoms with van der Waals surface area (Å²) in [6, 6.07) is 0. The minimum Gasteiger partial charge on any atom is -0.391 e. The fourth-order valence-electron chi connectivity index (χ4n) is 2.27. The Bertz CT molecular complexity index is 649. The van der Waals surface area contributed by atoms with Gasteiger partial charge < -0.3 is 26.4 Å². The summed E-state index contributed by atoms with van der Waals surface area (Å²) >= 11 is 0. The first kappa shape index (κ1) is 15.4. The van der Waals surface area contributed by atoms with Gasteiger partial charge in [0, 0.05) is 0 Å². The lowest BCUT2D eigenvalue weighted by atomic mass is 9.90. The van der Waals surface area contributed by atoms with Gasteiger partial charge in [0.15, 0.2) is 11.8 Å². The normalized spacial score (nSPS) is 33.3. The molecule has 0 aromatic carbocycles. The number of hydrogen-bond donors (Lipinski definition) is 4. The summed E-state index contributed by atoms with van der Waals surface area (Å²) in [6.45, 7) is 2.97. The lowest BCUT2D eigenvalue weighted by Gasteiger charge is -2.27. The Labute approximate surface area is 120 Å². The van der Waals surface area contributed by atoms with Crippen molar-refractivity contribution >= 4 is 5.82 Å². The highest BCUT2D eigenvalue weighted by Crippen LogP contribution is 2.36. The molecule has 0 spiro atoms. The average molecular weight is 295 g/mol. The molecule has 1 fully saturated rings. The zero-order valence-corrected chi connectivity index (χ0v) is 11.6. The molecule has 1 aromatic rings. The number of aliphatic hydroxyl groups excluding tert-OH is 2. The number of hydrogen-bond acceptors (Lipinski definition) is 8. The van der Waals surface area contributed by atoms with Crippen molar-refractivity contribution in [2.45, 2.75) is 43.9 Å². The Kier molecular flexibility index (Phi) is 3.97. The monoisotopic (exact) mass is 295 g/mol. The van der Waals surface area contributed by atoms with Gasteiger partial charge in [-0.05, 0) is 13.8 Å². The standard InChI is InChI=1S/C12H17N5O4/c1-3-4-12(14)9(19)8(6(2)18)21-10(12)17-11(20)16-7(13)5-15-17/h5-6,8-10,18-19H,14H2,1-2H3,(H2,13,16,20)/t6-,8+,9?,10+,12?/m0/s1. The van der Waals surface area contributed by atoms with Gasteiger partial charge in [0.1, 0.15) is 18.0 Å². The molecule has 0 saturated carbocycles. The van der Waals surface area contributed by atoms with Crippen molar-refractivity contribution in [3.05, 3.63) is 16.7 Å². The molecule has 1 saturated heterocycles. The smallest absolute Gasteiger partial charge is 0.368 e. The molecule has 0 radical (unpaired) electrons. The van der Waals surface area contributed by atoms with Crippen molar-refractivity contribution in [1.82, 2.24) is 14.8 Å². The van der Waals surface area contributed by atoms with E-state index in [0.717, 1.165) is 10.9 Å². The highest BCUT2D eigenvalue weighted by molar-refractivity contribution is 5.26.